The molecule has 0 amide bonds. The van der Waals surface area contributed by atoms with Gasteiger partial charge in [0.15, 0.2) is 5.31 Å². The predicted octanol–water partition coefficient (Wildman–Crippen LogP) is 3.49. The van der Waals surface area contributed by atoms with Gasteiger partial charge in [-0.1, -0.05) is 0 Å². The van der Waals surface area contributed by atoms with Crippen LogP contribution < -0.4 is 0 Å². The standard InChI is InChI=1S/C13H23N2O3P/c1-10(2)17-19(16,18-11(3)4)13(9-14)12-7-6-8-15(12)5/h10-11H,6-8H2,1-5H3. The van der Waals surface area contributed by atoms with E-state index in [1.54, 1.807) is 27.7 Å². The highest BCUT2D eigenvalue weighted by Gasteiger charge is 2.37. The molecule has 0 spiro atoms. The summed E-state index contributed by atoms with van der Waals surface area (Å²) >= 11 is 0. The normalized spacial score (nSPS) is 19.2. The molecule has 0 aromatic rings. The van der Waals surface area contributed by atoms with Gasteiger partial charge >= 0.3 is 7.60 Å². The Morgan fingerprint density at radius 1 is 1.32 bits per heavy atom. The van der Waals surface area contributed by atoms with Crippen molar-refractivity contribution >= 4 is 7.60 Å². The van der Waals surface area contributed by atoms with Gasteiger partial charge in [-0.3, -0.25) is 4.57 Å². The summed E-state index contributed by atoms with van der Waals surface area (Å²) in [6.45, 7) is 8.01. The Morgan fingerprint density at radius 2 is 1.84 bits per heavy atom. The first-order chi connectivity index (χ1) is 8.80. The number of nitrogens with zero attached hydrogens (tertiary/aromatic N) is 2. The predicted molar refractivity (Wildman–Crippen MR) is 74.6 cm³/mol. The van der Waals surface area contributed by atoms with Crippen LogP contribution >= 0.6 is 7.60 Å². The van der Waals surface area contributed by atoms with Crippen LogP contribution in [0.25, 0.3) is 0 Å². The van der Waals surface area contributed by atoms with Crippen LogP contribution in [0.3, 0.4) is 0 Å². The average molecular weight is 286 g/mol. The number of nitriles is 1. The third kappa shape index (κ3) is 4.07. The molecule has 1 aliphatic heterocycles. The highest BCUT2D eigenvalue weighted by Crippen LogP contribution is 2.59. The summed E-state index contributed by atoms with van der Waals surface area (Å²) in [6, 6.07) is 2.05. The highest BCUT2D eigenvalue weighted by atomic mass is 31.2. The SMILES string of the molecule is CC(C)OP(=O)(OC(C)C)C(C#N)=C1CCCN1C. The van der Waals surface area contributed by atoms with Crippen LogP contribution in [0.5, 0.6) is 0 Å². The zero-order chi connectivity index (χ0) is 14.6. The van der Waals surface area contributed by atoms with Gasteiger partial charge in [-0.15, -0.1) is 0 Å². The van der Waals surface area contributed by atoms with Gasteiger partial charge in [-0.25, -0.2) is 0 Å². The summed E-state index contributed by atoms with van der Waals surface area (Å²) in [7, 11) is -1.65. The average Bonchev–Trinajstić information content (AvgIpc) is 2.63. The van der Waals surface area contributed by atoms with Gasteiger partial charge in [0.05, 0.1) is 12.2 Å². The van der Waals surface area contributed by atoms with Crippen LogP contribution in [0, 0.1) is 11.3 Å². The van der Waals surface area contributed by atoms with Crippen molar-refractivity contribution in [2.24, 2.45) is 0 Å². The molecule has 0 saturated carbocycles. The largest absolute Gasteiger partial charge is 0.377 e. The number of likely N-dealkylation sites (tertiary alicyclic amines) is 1. The van der Waals surface area contributed by atoms with E-state index in [0.29, 0.717) is 0 Å². The van der Waals surface area contributed by atoms with Crippen molar-refractivity contribution in [3.05, 3.63) is 11.0 Å². The minimum absolute atomic E-state index is 0.162. The third-order valence-electron chi connectivity index (χ3n) is 2.72. The van der Waals surface area contributed by atoms with E-state index in [2.05, 4.69) is 6.07 Å². The Kier molecular flexibility index (Phi) is 5.61. The molecule has 0 unspecified atom stereocenters. The van der Waals surface area contributed by atoms with Gasteiger partial charge < -0.3 is 13.9 Å². The summed E-state index contributed by atoms with van der Waals surface area (Å²) in [6.07, 6.45) is 1.17. The van der Waals surface area contributed by atoms with E-state index in [1.807, 2.05) is 11.9 Å². The minimum Gasteiger partial charge on any atom is -0.377 e. The molecule has 1 saturated heterocycles. The Balaban J connectivity index is 3.22. The number of rotatable bonds is 5. The fourth-order valence-electron chi connectivity index (χ4n) is 2.08. The molecular formula is C13H23N2O3P. The fraction of sp³-hybridized carbons (Fsp3) is 0.769. The molecule has 1 fully saturated rings. The van der Waals surface area contributed by atoms with Crippen LogP contribution in [-0.2, 0) is 13.6 Å². The quantitative estimate of drug-likeness (QED) is 0.572. The zero-order valence-corrected chi connectivity index (χ0v) is 13.2. The lowest BCUT2D eigenvalue weighted by Crippen LogP contribution is -2.15. The lowest BCUT2D eigenvalue weighted by atomic mass is 10.3. The van der Waals surface area contributed by atoms with Crippen LogP contribution in [0.15, 0.2) is 11.0 Å². The number of hydrogen-bond donors (Lipinski definition) is 0. The first-order valence-electron chi connectivity index (χ1n) is 6.62. The fourth-order valence-corrected chi connectivity index (χ4v) is 4.17. The molecule has 108 valence electrons. The van der Waals surface area contributed by atoms with E-state index >= 15 is 0 Å². The smallest absolute Gasteiger partial charge is 0.374 e. The van der Waals surface area contributed by atoms with Crippen molar-refractivity contribution in [3.63, 3.8) is 0 Å². The Morgan fingerprint density at radius 3 is 2.16 bits per heavy atom. The first-order valence-corrected chi connectivity index (χ1v) is 8.16. The lowest BCUT2D eigenvalue weighted by Gasteiger charge is -2.24. The Bertz CT molecular complexity index is 424. The van der Waals surface area contributed by atoms with Gasteiger partial charge in [-0.05, 0) is 40.5 Å². The molecule has 0 atom stereocenters. The molecule has 0 aromatic heterocycles. The number of hydrogen-bond acceptors (Lipinski definition) is 5. The van der Waals surface area contributed by atoms with E-state index in [1.165, 1.54) is 0 Å². The second-order valence-electron chi connectivity index (χ2n) is 5.24. The van der Waals surface area contributed by atoms with Crippen LogP contribution in [0.2, 0.25) is 0 Å². The van der Waals surface area contributed by atoms with Gasteiger partial charge in [0.25, 0.3) is 0 Å². The number of allylic oxidation sites excluding steroid dienone is 2. The van der Waals surface area contributed by atoms with Gasteiger partial charge in [0.1, 0.15) is 6.07 Å². The maximum atomic E-state index is 12.9. The van der Waals surface area contributed by atoms with Gasteiger partial charge in [0, 0.05) is 19.3 Å². The summed E-state index contributed by atoms with van der Waals surface area (Å²) in [5.74, 6) is 0. The second-order valence-corrected chi connectivity index (χ2v) is 7.10. The Labute approximate surface area is 115 Å². The van der Waals surface area contributed by atoms with Crippen LogP contribution in [-0.4, -0.2) is 30.7 Å². The minimum atomic E-state index is -3.55. The first kappa shape index (κ1) is 16.2. The van der Waals surface area contributed by atoms with Crippen molar-refractivity contribution in [1.29, 1.82) is 5.26 Å². The van der Waals surface area contributed by atoms with Crippen molar-refractivity contribution < 1.29 is 13.6 Å². The van der Waals surface area contributed by atoms with Crippen LogP contribution in [0.1, 0.15) is 40.5 Å². The van der Waals surface area contributed by atoms with Crippen molar-refractivity contribution in [2.45, 2.75) is 52.7 Å². The maximum Gasteiger partial charge on any atom is 0.374 e. The molecule has 0 bridgehead atoms. The molecular weight excluding hydrogens is 263 g/mol. The van der Waals surface area contributed by atoms with Crippen molar-refractivity contribution in [1.82, 2.24) is 4.90 Å². The molecule has 1 rings (SSSR count). The van der Waals surface area contributed by atoms with Gasteiger partial charge in [-0.2, -0.15) is 5.26 Å². The summed E-state index contributed by atoms with van der Waals surface area (Å²) < 4.78 is 23.9. The van der Waals surface area contributed by atoms with Crippen LogP contribution in [0.4, 0.5) is 0 Å². The summed E-state index contributed by atoms with van der Waals surface area (Å²) in [4.78, 5) is 1.96. The second kappa shape index (κ2) is 6.56. The van der Waals surface area contributed by atoms with Gasteiger partial charge in [0.2, 0.25) is 0 Å². The van der Waals surface area contributed by atoms with E-state index < -0.39 is 7.60 Å². The molecule has 5 nitrogen and oxygen atoms in total. The summed E-state index contributed by atoms with van der Waals surface area (Å²) in [5, 5.41) is 9.56. The lowest BCUT2D eigenvalue weighted by molar-refractivity contribution is 0.147. The molecule has 6 heteroatoms. The zero-order valence-electron chi connectivity index (χ0n) is 12.3. The molecule has 19 heavy (non-hydrogen) atoms. The molecule has 1 heterocycles. The molecule has 0 aliphatic carbocycles. The van der Waals surface area contributed by atoms with E-state index in [4.69, 9.17) is 9.05 Å². The molecule has 0 radical (unpaired) electrons. The Hall–Kier alpha value is -0.820. The van der Waals surface area contributed by atoms with E-state index in [-0.39, 0.29) is 17.5 Å². The summed E-state index contributed by atoms with van der Waals surface area (Å²) in [5.41, 5.74) is 0.784. The molecule has 0 N–H and O–H groups in total. The molecule has 1 aliphatic rings. The molecule has 0 aromatic carbocycles. The third-order valence-corrected chi connectivity index (χ3v) is 5.02. The maximum absolute atomic E-state index is 12.9. The monoisotopic (exact) mass is 286 g/mol. The van der Waals surface area contributed by atoms with Crippen molar-refractivity contribution in [3.8, 4) is 6.07 Å². The van der Waals surface area contributed by atoms with E-state index in [9.17, 15) is 9.83 Å². The highest BCUT2D eigenvalue weighted by molar-refractivity contribution is 7.59. The van der Waals surface area contributed by atoms with Crippen molar-refractivity contribution in [2.75, 3.05) is 13.6 Å². The topological polar surface area (TPSA) is 62.6 Å². The van der Waals surface area contributed by atoms with E-state index in [0.717, 1.165) is 25.1 Å².